The number of amidine groups is 1. The molecule has 0 saturated carbocycles. The third-order valence-electron chi connectivity index (χ3n) is 3.73. The Kier molecular flexibility index (Phi) is 5.72. The average molecular weight is 437 g/mol. The number of alkyl halides is 2. The smallest absolute Gasteiger partial charge is 0.435 e. The van der Waals surface area contributed by atoms with E-state index in [-0.39, 0.29) is 18.0 Å². The van der Waals surface area contributed by atoms with Crippen LogP contribution in [0.3, 0.4) is 0 Å². The Labute approximate surface area is 158 Å². The van der Waals surface area contributed by atoms with Crippen molar-refractivity contribution in [2.75, 3.05) is 13.2 Å². The molecular weight excluding hydrogens is 417 g/mol. The summed E-state index contributed by atoms with van der Waals surface area (Å²) in [4.78, 5) is 15.6. The third kappa shape index (κ3) is 4.56. The molecule has 1 fully saturated rings. The highest BCUT2D eigenvalue weighted by Gasteiger charge is 2.55. The molecule has 1 saturated heterocycles. The molecule has 0 bridgehead atoms. The zero-order chi connectivity index (χ0) is 19.8. The Morgan fingerprint density at radius 1 is 1.38 bits per heavy atom. The fourth-order valence-electron chi connectivity index (χ4n) is 2.44. The number of hydrogen-bond acceptors (Lipinski definition) is 3. The van der Waals surface area contributed by atoms with E-state index in [9.17, 15) is 18.0 Å². The lowest BCUT2D eigenvalue weighted by atomic mass is 9.85. The minimum absolute atomic E-state index is 0.168. The quantitative estimate of drug-likeness (QED) is 0.708. The van der Waals surface area contributed by atoms with E-state index in [2.05, 4.69) is 26.2 Å². The van der Waals surface area contributed by atoms with Crippen molar-refractivity contribution in [1.29, 1.82) is 0 Å². The van der Waals surface area contributed by atoms with Crippen molar-refractivity contribution in [3.63, 3.8) is 0 Å². The molecule has 0 radical (unpaired) electrons. The van der Waals surface area contributed by atoms with Gasteiger partial charge in [0.1, 0.15) is 36.0 Å². The lowest BCUT2D eigenvalue weighted by Gasteiger charge is -2.37. The normalized spacial score (nSPS) is 24.7. The standard InChI is InChI=1S/C17H20BrF3N2O3/c1-15(2,3)26-14(24)22-13-8-25-9-17(20,21)16(4,23-13)11-7-10(18)5-6-12(11)19/h5-7H,8-9H2,1-4H3,(H,22,23,24). The lowest BCUT2D eigenvalue weighted by Crippen LogP contribution is -2.56. The minimum Gasteiger partial charge on any atom is -0.442 e. The molecule has 2 rings (SSSR count). The van der Waals surface area contributed by atoms with Crippen LogP contribution in [0.4, 0.5) is 18.0 Å². The predicted molar refractivity (Wildman–Crippen MR) is 94.0 cm³/mol. The average Bonchev–Trinajstić information content (AvgIpc) is 2.57. The molecule has 1 N–H and O–H groups in total. The zero-order valence-corrected chi connectivity index (χ0v) is 16.4. The first-order chi connectivity index (χ1) is 11.8. The molecule has 1 unspecified atom stereocenters. The molecular formula is C17H20BrF3N2O3. The number of halogens is 4. The summed E-state index contributed by atoms with van der Waals surface area (Å²) < 4.78 is 54.3. The topological polar surface area (TPSA) is 59.9 Å². The Bertz CT molecular complexity index is 734. The summed E-state index contributed by atoms with van der Waals surface area (Å²) in [5.74, 6) is -4.46. The van der Waals surface area contributed by atoms with E-state index in [0.29, 0.717) is 4.47 Å². The van der Waals surface area contributed by atoms with Crippen molar-refractivity contribution in [2.45, 2.75) is 44.8 Å². The number of hydrogen-bond donors (Lipinski definition) is 1. The Morgan fingerprint density at radius 2 is 2.04 bits per heavy atom. The molecule has 5 nitrogen and oxygen atoms in total. The second-order valence-corrected chi connectivity index (χ2v) is 8.03. The number of carbonyl (C=O) groups excluding carboxylic acids is 1. The molecule has 0 spiro atoms. The molecule has 1 aliphatic heterocycles. The number of benzene rings is 1. The van der Waals surface area contributed by atoms with Crippen molar-refractivity contribution in [2.24, 2.45) is 4.99 Å². The number of carbonyl (C=O) groups is 1. The highest BCUT2D eigenvalue weighted by Crippen LogP contribution is 2.41. The van der Waals surface area contributed by atoms with Gasteiger partial charge in [-0.05, 0) is 45.9 Å². The largest absolute Gasteiger partial charge is 0.442 e. The van der Waals surface area contributed by atoms with E-state index in [1.807, 2.05) is 0 Å². The van der Waals surface area contributed by atoms with E-state index in [4.69, 9.17) is 9.47 Å². The second-order valence-electron chi connectivity index (χ2n) is 7.11. The number of amides is 1. The first-order valence-electron chi connectivity index (χ1n) is 7.84. The Balaban J connectivity index is 2.45. The van der Waals surface area contributed by atoms with Crippen LogP contribution < -0.4 is 5.32 Å². The number of rotatable bonds is 1. The molecule has 0 aromatic heterocycles. The molecule has 144 valence electrons. The molecule has 0 aliphatic carbocycles. The van der Waals surface area contributed by atoms with Crippen LogP contribution in [-0.2, 0) is 15.0 Å². The maximum Gasteiger partial charge on any atom is 0.435 e. The monoisotopic (exact) mass is 436 g/mol. The van der Waals surface area contributed by atoms with Gasteiger partial charge >= 0.3 is 6.09 Å². The molecule has 9 heteroatoms. The Morgan fingerprint density at radius 3 is 2.65 bits per heavy atom. The molecule has 1 heterocycles. The van der Waals surface area contributed by atoms with Gasteiger partial charge in [-0.2, -0.15) is 4.99 Å². The molecule has 1 amide bonds. The summed E-state index contributed by atoms with van der Waals surface area (Å²) >= 11 is 3.16. The summed E-state index contributed by atoms with van der Waals surface area (Å²) in [6, 6.07) is 3.74. The van der Waals surface area contributed by atoms with Gasteiger partial charge in [0.15, 0.2) is 0 Å². The summed E-state index contributed by atoms with van der Waals surface area (Å²) in [5.41, 5.74) is -3.26. The molecule has 1 aliphatic rings. The van der Waals surface area contributed by atoms with Gasteiger partial charge in [-0.1, -0.05) is 15.9 Å². The van der Waals surface area contributed by atoms with Gasteiger partial charge in [0.2, 0.25) is 0 Å². The van der Waals surface area contributed by atoms with Gasteiger partial charge in [0.25, 0.3) is 5.92 Å². The van der Waals surface area contributed by atoms with Gasteiger partial charge in [-0.15, -0.1) is 0 Å². The van der Waals surface area contributed by atoms with Crippen molar-refractivity contribution in [1.82, 2.24) is 5.32 Å². The highest BCUT2D eigenvalue weighted by atomic mass is 79.9. The van der Waals surface area contributed by atoms with E-state index >= 15 is 0 Å². The van der Waals surface area contributed by atoms with E-state index in [1.165, 1.54) is 12.1 Å². The number of nitrogens with one attached hydrogen (secondary N) is 1. The fraction of sp³-hybridized carbons (Fsp3) is 0.529. The summed E-state index contributed by atoms with van der Waals surface area (Å²) in [6.07, 6.45) is -0.953. The van der Waals surface area contributed by atoms with E-state index in [1.54, 1.807) is 20.8 Å². The van der Waals surface area contributed by atoms with Crippen molar-refractivity contribution in [3.05, 3.63) is 34.1 Å². The molecule has 26 heavy (non-hydrogen) atoms. The summed E-state index contributed by atoms with van der Waals surface area (Å²) in [6.45, 7) is 4.76. The van der Waals surface area contributed by atoms with E-state index < -0.39 is 35.6 Å². The SMILES string of the molecule is CC(C)(C)OC(=O)/N=C1\COCC(F)(F)C(C)(c2cc(Br)ccc2F)N1. The molecule has 1 atom stereocenters. The highest BCUT2D eigenvalue weighted by molar-refractivity contribution is 9.10. The number of ether oxygens (including phenoxy) is 2. The van der Waals surface area contributed by atoms with Crippen molar-refractivity contribution >= 4 is 27.9 Å². The van der Waals surface area contributed by atoms with E-state index in [0.717, 1.165) is 13.0 Å². The molecule has 1 aromatic rings. The van der Waals surface area contributed by atoms with Crippen molar-refractivity contribution in [3.8, 4) is 0 Å². The number of nitrogens with zero attached hydrogens (tertiary/aromatic N) is 1. The van der Waals surface area contributed by atoms with Crippen LogP contribution in [0.1, 0.15) is 33.3 Å². The maximum absolute atomic E-state index is 14.8. The van der Waals surface area contributed by atoms with Gasteiger partial charge in [-0.25, -0.2) is 18.0 Å². The Hall–Kier alpha value is -1.61. The van der Waals surface area contributed by atoms with Gasteiger partial charge in [-0.3, -0.25) is 0 Å². The zero-order valence-electron chi connectivity index (χ0n) is 14.8. The van der Waals surface area contributed by atoms with Gasteiger partial charge in [0.05, 0.1) is 0 Å². The van der Waals surface area contributed by atoms with Crippen LogP contribution in [0.25, 0.3) is 0 Å². The van der Waals surface area contributed by atoms with Crippen LogP contribution >= 0.6 is 15.9 Å². The maximum atomic E-state index is 14.8. The summed E-state index contributed by atoms with van der Waals surface area (Å²) in [7, 11) is 0. The van der Waals surface area contributed by atoms with Crippen LogP contribution in [-0.4, -0.2) is 36.7 Å². The van der Waals surface area contributed by atoms with Crippen LogP contribution in [0.5, 0.6) is 0 Å². The minimum atomic E-state index is -3.47. The van der Waals surface area contributed by atoms with Gasteiger partial charge < -0.3 is 14.8 Å². The molecule has 1 aromatic carbocycles. The first-order valence-corrected chi connectivity index (χ1v) is 8.63. The third-order valence-corrected chi connectivity index (χ3v) is 4.23. The number of aliphatic imine (C=N–C) groups is 1. The second kappa shape index (κ2) is 7.19. The van der Waals surface area contributed by atoms with Crippen molar-refractivity contribution < 1.29 is 27.4 Å². The fourth-order valence-corrected chi connectivity index (χ4v) is 2.80. The van der Waals surface area contributed by atoms with Crippen LogP contribution in [0, 0.1) is 5.82 Å². The predicted octanol–water partition coefficient (Wildman–Crippen LogP) is 4.39. The lowest BCUT2D eigenvalue weighted by molar-refractivity contribution is -0.120. The van der Waals surface area contributed by atoms with Crippen LogP contribution in [0.15, 0.2) is 27.7 Å². The van der Waals surface area contributed by atoms with Gasteiger partial charge in [0, 0.05) is 10.0 Å². The first kappa shape index (κ1) is 20.7. The van der Waals surface area contributed by atoms with Crippen LogP contribution in [0.2, 0.25) is 0 Å². The summed E-state index contributed by atoms with van der Waals surface area (Å²) in [5, 5.41) is 2.50.